The minimum atomic E-state index is -6.04. The van der Waals surface area contributed by atoms with Crippen molar-refractivity contribution in [2.45, 2.75) is 23.9 Å². The molecule has 12 heteroatoms. The molecule has 0 aliphatic rings. The molecule has 2 unspecified atom stereocenters. The Hall–Kier alpha value is -5.46. The van der Waals surface area contributed by atoms with E-state index in [1.165, 1.54) is 19.2 Å². The molecule has 0 saturated carbocycles. The third kappa shape index (κ3) is 6.48. The van der Waals surface area contributed by atoms with Gasteiger partial charge in [-0.05, 0) is 45.0 Å². The summed E-state index contributed by atoms with van der Waals surface area (Å²) in [6.07, 6.45) is 3.73. The predicted molar refractivity (Wildman–Crippen MR) is 188 cm³/mol. The van der Waals surface area contributed by atoms with Gasteiger partial charge in [0.05, 0.1) is 17.6 Å². The Bertz CT molecular complexity index is 2170. The van der Waals surface area contributed by atoms with E-state index in [0.29, 0.717) is 16.6 Å². The molecule has 2 atom stereocenters. The van der Waals surface area contributed by atoms with Crippen LogP contribution in [0.5, 0.6) is 5.75 Å². The Morgan fingerprint density at radius 1 is 0.863 bits per heavy atom. The first kappa shape index (κ1) is 35.4. The maximum atomic E-state index is 13.2. The monoisotopic (exact) mass is 713 g/mol. The number of nitrogens with one attached hydrogen (secondary N) is 1. The van der Waals surface area contributed by atoms with Crippen LogP contribution in [0.15, 0.2) is 134 Å². The van der Waals surface area contributed by atoms with E-state index in [4.69, 9.17) is 4.98 Å². The highest BCUT2D eigenvalue weighted by atomic mass is 32.2. The third-order valence-electron chi connectivity index (χ3n) is 9.04. The van der Waals surface area contributed by atoms with Gasteiger partial charge in [-0.3, -0.25) is 4.79 Å². The van der Waals surface area contributed by atoms with Crippen molar-refractivity contribution in [3.8, 4) is 5.75 Å². The van der Waals surface area contributed by atoms with Crippen molar-refractivity contribution in [1.82, 2.24) is 14.9 Å². The number of fused-ring (bicyclic) bond motifs is 1. The predicted octanol–water partition coefficient (Wildman–Crippen LogP) is 7.22. The molecule has 6 rings (SSSR count). The van der Waals surface area contributed by atoms with Crippen LogP contribution in [0.2, 0.25) is 0 Å². The first-order valence-corrected chi connectivity index (χ1v) is 17.4. The molecule has 5 aromatic carbocycles. The number of hydrogen-bond donors (Lipinski definition) is 2. The zero-order chi connectivity index (χ0) is 36.4. The van der Waals surface area contributed by atoms with Crippen LogP contribution in [0.4, 0.5) is 13.2 Å². The summed E-state index contributed by atoms with van der Waals surface area (Å²) in [5.74, 6) is -2.40. The van der Waals surface area contributed by atoms with E-state index in [1.54, 1.807) is 18.5 Å². The van der Waals surface area contributed by atoms with E-state index >= 15 is 0 Å². The average molecular weight is 714 g/mol. The summed E-state index contributed by atoms with van der Waals surface area (Å²) >= 11 is 0. The molecule has 0 radical (unpaired) electrons. The van der Waals surface area contributed by atoms with E-state index in [2.05, 4.69) is 50.5 Å². The fourth-order valence-corrected chi connectivity index (χ4v) is 7.15. The highest BCUT2D eigenvalue weighted by molar-refractivity contribution is 7.88. The van der Waals surface area contributed by atoms with Gasteiger partial charge in [-0.15, -0.1) is 0 Å². The minimum Gasteiger partial charge on any atom is -0.396 e. The highest BCUT2D eigenvalue weighted by Crippen LogP contribution is 2.43. The normalized spacial score (nSPS) is 13.5. The van der Waals surface area contributed by atoms with Crippen molar-refractivity contribution in [3.63, 3.8) is 0 Å². The molecule has 0 aliphatic carbocycles. The minimum absolute atomic E-state index is 0.171. The lowest BCUT2D eigenvalue weighted by Gasteiger charge is -2.37. The maximum Gasteiger partial charge on any atom is 0.534 e. The Morgan fingerprint density at radius 2 is 1.41 bits per heavy atom. The number of nitrogens with zero attached hydrogens (tertiary/aromatic N) is 2. The summed E-state index contributed by atoms with van der Waals surface area (Å²) in [6.45, 7) is 1.68. The lowest BCUT2D eigenvalue weighted by Crippen LogP contribution is -2.37. The molecule has 8 nitrogen and oxygen atoms in total. The number of aliphatic hydroxyl groups excluding tert-OH is 1. The fraction of sp³-hybridized carbons (Fsp3) is 0.179. The second-order valence-corrected chi connectivity index (χ2v) is 13.7. The lowest BCUT2D eigenvalue weighted by atomic mass is 9.76. The highest BCUT2D eigenvalue weighted by Gasteiger charge is 2.49. The van der Waals surface area contributed by atoms with Gasteiger partial charge < -0.3 is 19.2 Å². The molecule has 0 bridgehead atoms. The summed E-state index contributed by atoms with van der Waals surface area (Å²) in [4.78, 5) is 17.8. The van der Waals surface area contributed by atoms with Gasteiger partial charge in [0, 0.05) is 25.8 Å². The summed E-state index contributed by atoms with van der Waals surface area (Å²) in [5, 5.41) is 13.4. The number of amides is 1. The van der Waals surface area contributed by atoms with Gasteiger partial charge in [0.25, 0.3) is 5.91 Å². The number of halogens is 3. The first-order valence-electron chi connectivity index (χ1n) is 16.0. The number of alkyl halides is 3. The molecule has 51 heavy (non-hydrogen) atoms. The number of benzene rings is 5. The first-order chi connectivity index (χ1) is 24.4. The van der Waals surface area contributed by atoms with Crippen LogP contribution in [0.3, 0.4) is 0 Å². The van der Waals surface area contributed by atoms with E-state index in [1.807, 2.05) is 67.7 Å². The Kier molecular flexibility index (Phi) is 9.74. The smallest absolute Gasteiger partial charge is 0.396 e. The van der Waals surface area contributed by atoms with Gasteiger partial charge in [0.1, 0.15) is 5.54 Å². The molecule has 1 amide bonds. The van der Waals surface area contributed by atoms with Gasteiger partial charge in [-0.25, -0.2) is 4.98 Å². The number of aromatic nitrogens is 2. The molecule has 0 fully saturated rings. The zero-order valence-electron chi connectivity index (χ0n) is 27.6. The maximum absolute atomic E-state index is 13.2. The molecule has 1 aromatic heterocycles. The Labute approximate surface area is 293 Å². The van der Waals surface area contributed by atoms with Crippen LogP contribution in [0.25, 0.3) is 10.8 Å². The topological polar surface area (TPSA) is 111 Å². The van der Waals surface area contributed by atoms with Crippen molar-refractivity contribution in [3.05, 3.63) is 167 Å². The molecule has 0 spiro atoms. The summed E-state index contributed by atoms with van der Waals surface area (Å²) in [7, 11) is -4.77. The number of imidazole rings is 1. The van der Waals surface area contributed by atoms with Crippen molar-refractivity contribution >= 4 is 26.8 Å². The van der Waals surface area contributed by atoms with Crippen LogP contribution < -0.4 is 9.50 Å². The van der Waals surface area contributed by atoms with Crippen LogP contribution in [-0.4, -0.2) is 48.1 Å². The van der Waals surface area contributed by atoms with Gasteiger partial charge >= 0.3 is 15.6 Å². The molecule has 0 aliphatic heterocycles. The third-order valence-corrected chi connectivity index (χ3v) is 10.0. The van der Waals surface area contributed by atoms with Crippen molar-refractivity contribution < 1.29 is 35.7 Å². The second kappa shape index (κ2) is 14.0. The number of rotatable bonds is 11. The summed E-state index contributed by atoms with van der Waals surface area (Å²) < 4.78 is 69.8. The van der Waals surface area contributed by atoms with E-state index in [0.717, 1.165) is 22.8 Å². The molecule has 2 N–H and O–H groups in total. The lowest BCUT2D eigenvalue weighted by molar-refractivity contribution is -0.0500. The number of aliphatic hydroxyl groups is 1. The molecule has 0 saturated heterocycles. The Morgan fingerprint density at radius 3 is 1.90 bits per heavy atom. The molecule has 262 valence electrons. The molecule has 1 heterocycles. The quantitative estimate of drug-likeness (QED) is 0.0834. The molecular formula is C39H34F3N3O5S. The van der Waals surface area contributed by atoms with E-state index < -0.39 is 38.7 Å². The summed E-state index contributed by atoms with van der Waals surface area (Å²) in [6, 6.07) is 37.6. The second-order valence-electron chi connectivity index (χ2n) is 12.1. The van der Waals surface area contributed by atoms with Crippen molar-refractivity contribution in [2.24, 2.45) is 5.92 Å². The van der Waals surface area contributed by atoms with Crippen LogP contribution in [-0.2, 0) is 15.7 Å². The van der Waals surface area contributed by atoms with E-state index in [-0.39, 0.29) is 23.5 Å². The zero-order valence-corrected chi connectivity index (χ0v) is 28.4. The largest absolute Gasteiger partial charge is 0.534 e. The number of carbonyl (C=O) groups excluding carboxylic acids is 1. The van der Waals surface area contributed by atoms with Gasteiger partial charge in [0.2, 0.25) is 0 Å². The van der Waals surface area contributed by atoms with E-state index in [9.17, 15) is 31.5 Å². The molecular weight excluding hydrogens is 680 g/mol. The van der Waals surface area contributed by atoms with Crippen LogP contribution in [0, 0.1) is 5.92 Å². The fourth-order valence-electron chi connectivity index (χ4n) is 6.68. The van der Waals surface area contributed by atoms with Crippen LogP contribution >= 0.6 is 0 Å². The number of carbonyl (C=O) groups is 1. The molecule has 6 aromatic rings. The van der Waals surface area contributed by atoms with Gasteiger partial charge in [0.15, 0.2) is 5.75 Å². The number of hydrogen-bond acceptors (Lipinski definition) is 6. The Balaban J connectivity index is 1.52. The van der Waals surface area contributed by atoms with Gasteiger partial charge in [-0.2, -0.15) is 21.6 Å². The van der Waals surface area contributed by atoms with Crippen LogP contribution in [0.1, 0.15) is 51.1 Å². The average Bonchev–Trinajstić information content (AvgIpc) is 3.62. The summed E-state index contributed by atoms with van der Waals surface area (Å²) in [5.41, 5.74) is -2.56. The van der Waals surface area contributed by atoms with Crippen molar-refractivity contribution in [2.75, 3.05) is 13.7 Å². The van der Waals surface area contributed by atoms with Gasteiger partial charge in [-0.1, -0.05) is 122 Å². The standard InChI is InChI=1S/C39H34F3N3O5S/c1-26(24-46)35(28-18-20-32-27(22-28)19-21-34(36(32)37(47)43-2)50-51(48,49)39(40,41)42)33-23-45(25-44-33)38(29-12-6-3-7-13-29,30-14-8-4-9-15-30)31-16-10-5-11-17-31/h3-23,25-26,35,46H,24H2,1-2H3,(H,43,47). The van der Waals surface area contributed by atoms with Crippen molar-refractivity contribution in [1.29, 1.82) is 0 Å². The SMILES string of the molecule is CNC(=O)c1c(OS(=O)(=O)C(F)(F)F)ccc2cc(C(c3cn(C(c4ccccc4)(c4ccccc4)c4ccccc4)cn3)C(C)CO)ccc12.